The van der Waals surface area contributed by atoms with Gasteiger partial charge in [-0.15, -0.1) is 0 Å². The lowest BCUT2D eigenvalue weighted by Crippen LogP contribution is -2.30. The molecule has 0 spiro atoms. The van der Waals surface area contributed by atoms with Crippen LogP contribution in [-0.4, -0.2) is 17.8 Å². The van der Waals surface area contributed by atoms with E-state index in [-0.39, 0.29) is 22.4 Å². The first-order chi connectivity index (χ1) is 13.4. The van der Waals surface area contributed by atoms with Crippen molar-refractivity contribution < 1.29 is 24.2 Å². The van der Waals surface area contributed by atoms with Gasteiger partial charge >= 0.3 is 0 Å². The second-order valence-electron chi connectivity index (χ2n) is 6.05. The number of ether oxygens (including phenoxy) is 1. The van der Waals surface area contributed by atoms with E-state index in [1.165, 1.54) is 36.4 Å². The zero-order valence-electron chi connectivity index (χ0n) is 14.2. The highest BCUT2D eigenvalue weighted by molar-refractivity contribution is 6.34. The van der Waals surface area contributed by atoms with E-state index in [9.17, 15) is 19.5 Å². The first-order valence-electron chi connectivity index (χ1n) is 8.22. The number of fused-ring (bicyclic) bond motifs is 1. The van der Waals surface area contributed by atoms with Gasteiger partial charge in [-0.05, 0) is 60.2 Å². The van der Waals surface area contributed by atoms with Crippen LogP contribution in [0, 0.1) is 0 Å². The maximum Gasteiger partial charge on any atom is 0.266 e. The minimum Gasteiger partial charge on any atom is -0.545 e. The molecule has 3 aromatic carbocycles. The van der Waals surface area contributed by atoms with Gasteiger partial charge in [0.1, 0.15) is 11.5 Å². The van der Waals surface area contributed by atoms with Gasteiger partial charge in [0, 0.05) is 5.02 Å². The largest absolute Gasteiger partial charge is 0.545 e. The second kappa shape index (κ2) is 6.83. The Morgan fingerprint density at radius 3 is 2.25 bits per heavy atom. The van der Waals surface area contributed by atoms with E-state index in [0.29, 0.717) is 16.5 Å². The second-order valence-corrected chi connectivity index (χ2v) is 6.48. The Balaban J connectivity index is 1.66. The van der Waals surface area contributed by atoms with Gasteiger partial charge in [-0.3, -0.25) is 9.59 Å². The third kappa shape index (κ3) is 3.10. The topological polar surface area (TPSA) is 86.7 Å². The van der Waals surface area contributed by atoms with E-state index >= 15 is 0 Å². The number of carbonyl (C=O) groups excluding carboxylic acids is 3. The molecular weight excluding hydrogens is 382 g/mol. The van der Waals surface area contributed by atoms with Crippen LogP contribution < -0.4 is 14.7 Å². The summed E-state index contributed by atoms with van der Waals surface area (Å²) in [6.07, 6.45) is 0. The highest BCUT2D eigenvalue weighted by Gasteiger charge is 2.37. The number of amides is 2. The smallest absolute Gasteiger partial charge is 0.266 e. The summed E-state index contributed by atoms with van der Waals surface area (Å²) in [6, 6.07) is 16.8. The molecule has 7 heteroatoms. The van der Waals surface area contributed by atoms with E-state index < -0.39 is 17.8 Å². The van der Waals surface area contributed by atoms with Crippen LogP contribution >= 0.6 is 11.6 Å². The maximum atomic E-state index is 12.8. The predicted octanol–water partition coefficient (Wildman–Crippen LogP) is 3.30. The normalized spacial score (nSPS) is 12.8. The molecule has 1 aliphatic rings. The molecule has 138 valence electrons. The molecule has 4 rings (SSSR count). The Labute approximate surface area is 164 Å². The molecule has 0 bridgehead atoms. The van der Waals surface area contributed by atoms with Crippen LogP contribution in [0.2, 0.25) is 5.02 Å². The predicted molar refractivity (Wildman–Crippen MR) is 99.9 cm³/mol. The number of aromatic carboxylic acids is 1. The minimum absolute atomic E-state index is 0.124. The number of halogens is 1. The average molecular weight is 393 g/mol. The maximum absolute atomic E-state index is 12.8. The number of anilines is 1. The first kappa shape index (κ1) is 17.8. The molecule has 0 atom stereocenters. The van der Waals surface area contributed by atoms with Crippen LogP contribution in [0.25, 0.3) is 0 Å². The Hall–Kier alpha value is -3.64. The molecule has 0 saturated heterocycles. The molecule has 0 fully saturated rings. The van der Waals surface area contributed by atoms with E-state index in [1.54, 1.807) is 30.3 Å². The fraction of sp³-hybridized carbons (Fsp3) is 0. The summed E-state index contributed by atoms with van der Waals surface area (Å²) in [6.45, 7) is 0. The average Bonchev–Trinajstić information content (AvgIpc) is 2.94. The number of rotatable bonds is 4. The third-order valence-electron chi connectivity index (χ3n) is 4.25. The summed E-state index contributed by atoms with van der Waals surface area (Å²) < 4.78 is 5.71. The Morgan fingerprint density at radius 1 is 0.857 bits per heavy atom. The van der Waals surface area contributed by atoms with Crippen LogP contribution in [0.4, 0.5) is 5.69 Å². The SMILES string of the molecule is O=C([O-])c1cccc(N2C(=O)c3ccc(Oc4ccc(Cl)cc4)cc3C2=O)c1. The molecular formula is C21H11ClNO5-. The molecule has 2 amide bonds. The van der Waals surface area contributed by atoms with E-state index in [1.807, 2.05) is 0 Å². The number of hydrogen-bond acceptors (Lipinski definition) is 5. The molecule has 0 radical (unpaired) electrons. The Bertz CT molecular complexity index is 1120. The molecule has 0 N–H and O–H groups in total. The van der Waals surface area contributed by atoms with Crippen LogP contribution in [0.5, 0.6) is 11.5 Å². The molecule has 1 heterocycles. The lowest BCUT2D eigenvalue weighted by atomic mass is 10.1. The zero-order chi connectivity index (χ0) is 19.8. The van der Waals surface area contributed by atoms with E-state index in [2.05, 4.69) is 0 Å². The monoisotopic (exact) mass is 392 g/mol. The summed E-state index contributed by atoms with van der Waals surface area (Å²) in [7, 11) is 0. The molecule has 6 nitrogen and oxygen atoms in total. The zero-order valence-corrected chi connectivity index (χ0v) is 15.0. The van der Waals surface area contributed by atoms with Gasteiger partial charge in [-0.2, -0.15) is 0 Å². The summed E-state index contributed by atoms with van der Waals surface area (Å²) in [4.78, 5) is 37.5. The summed E-state index contributed by atoms with van der Waals surface area (Å²) in [5, 5.41) is 11.6. The van der Waals surface area contributed by atoms with Crippen molar-refractivity contribution in [3.05, 3.63) is 88.4 Å². The van der Waals surface area contributed by atoms with Crippen molar-refractivity contribution in [1.82, 2.24) is 0 Å². The fourth-order valence-corrected chi connectivity index (χ4v) is 3.05. The molecule has 0 aliphatic carbocycles. The van der Waals surface area contributed by atoms with Crippen molar-refractivity contribution >= 4 is 35.1 Å². The highest BCUT2D eigenvalue weighted by atomic mass is 35.5. The number of carboxylic acids is 1. The van der Waals surface area contributed by atoms with Gasteiger partial charge in [0.2, 0.25) is 0 Å². The molecule has 0 saturated carbocycles. The van der Waals surface area contributed by atoms with Gasteiger partial charge in [0.15, 0.2) is 0 Å². The van der Waals surface area contributed by atoms with Crippen LogP contribution in [-0.2, 0) is 0 Å². The molecule has 0 aromatic heterocycles. The molecule has 28 heavy (non-hydrogen) atoms. The van der Waals surface area contributed by atoms with Gasteiger partial charge in [-0.25, -0.2) is 4.90 Å². The van der Waals surface area contributed by atoms with Crippen molar-refractivity contribution in [3.8, 4) is 11.5 Å². The van der Waals surface area contributed by atoms with Crippen molar-refractivity contribution in [1.29, 1.82) is 0 Å². The van der Waals surface area contributed by atoms with Gasteiger partial charge in [0.25, 0.3) is 11.8 Å². The Kier molecular flexibility index (Phi) is 4.33. The number of carbonyl (C=O) groups is 3. The molecule has 3 aromatic rings. The number of carboxylic acid groups (broad SMARTS) is 1. The number of nitrogens with zero attached hydrogens (tertiary/aromatic N) is 1. The van der Waals surface area contributed by atoms with Crippen LogP contribution in [0.3, 0.4) is 0 Å². The van der Waals surface area contributed by atoms with Gasteiger partial charge < -0.3 is 14.6 Å². The fourth-order valence-electron chi connectivity index (χ4n) is 2.93. The highest BCUT2D eigenvalue weighted by Crippen LogP contribution is 2.32. The number of hydrogen-bond donors (Lipinski definition) is 0. The summed E-state index contributed by atoms with van der Waals surface area (Å²) in [5.74, 6) is -1.57. The van der Waals surface area contributed by atoms with E-state index in [0.717, 1.165) is 4.90 Å². The third-order valence-corrected chi connectivity index (χ3v) is 4.50. The molecule has 1 aliphatic heterocycles. The first-order valence-corrected chi connectivity index (χ1v) is 8.59. The van der Waals surface area contributed by atoms with Crippen molar-refractivity contribution in [2.45, 2.75) is 0 Å². The molecule has 0 unspecified atom stereocenters. The van der Waals surface area contributed by atoms with Gasteiger partial charge in [-0.1, -0.05) is 23.7 Å². The summed E-state index contributed by atoms with van der Waals surface area (Å²) in [5.41, 5.74) is 0.427. The lowest BCUT2D eigenvalue weighted by molar-refractivity contribution is -0.255. The number of imide groups is 1. The van der Waals surface area contributed by atoms with Gasteiger partial charge in [0.05, 0.1) is 22.8 Å². The summed E-state index contributed by atoms with van der Waals surface area (Å²) >= 11 is 5.85. The van der Waals surface area contributed by atoms with E-state index in [4.69, 9.17) is 16.3 Å². The Morgan fingerprint density at radius 2 is 1.54 bits per heavy atom. The van der Waals surface area contributed by atoms with Crippen molar-refractivity contribution in [2.75, 3.05) is 4.90 Å². The minimum atomic E-state index is -1.39. The quantitative estimate of drug-likeness (QED) is 0.636. The van der Waals surface area contributed by atoms with Crippen LogP contribution in [0.1, 0.15) is 31.1 Å². The standard InChI is InChI=1S/C21H12ClNO5/c22-13-4-6-15(7-5-13)28-16-8-9-17-18(11-16)20(25)23(19(17)24)14-3-1-2-12(10-14)21(26)27/h1-11H,(H,26,27)/p-1. The van der Waals surface area contributed by atoms with Crippen molar-refractivity contribution in [2.24, 2.45) is 0 Å². The van der Waals surface area contributed by atoms with Crippen molar-refractivity contribution in [3.63, 3.8) is 0 Å². The van der Waals surface area contributed by atoms with Crippen LogP contribution in [0.15, 0.2) is 66.7 Å². The lowest BCUT2D eigenvalue weighted by Gasteiger charge is -2.15. The number of benzene rings is 3.